The highest BCUT2D eigenvalue weighted by molar-refractivity contribution is 7.89. The molecule has 1 fully saturated rings. The Balaban J connectivity index is 1.75. The van der Waals surface area contributed by atoms with Crippen LogP contribution >= 0.6 is 11.3 Å². The summed E-state index contributed by atoms with van der Waals surface area (Å²) in [5.74, 6) is 0.104. The summed E-state index contributed by atoms with van der Waals surface area (Å²) >= 11 is 1.40. The number of carbonyl (C=O) groups excluding carboxylic acids is 1. The van der Waals surface area contributed by atoms with Gasteiger partial charge in [0.2, 0.25) is 10.0 Å². The molecule has 170 valence electrons. The van der Waals surface area contributed by atoms with Gasteiger partial charge in [0.25, 0.3) is 5.91 Å². The number of amides is 1. The van der Waals surface area contributed by atoms with Gasteiger partial charge in [-0.15, -0.1) is 0 Å². The Morgan fingerprint density at radius 3 is 2.91 bits per heavy atom. The first-order valence-electron chi connectivity index (χ1n) is 9.90. The van der Waals surface area contributed by atoms with Crippen molar-refractivity contribution < 1.29 is 13.2 Å². The number of anilines is 2. The fourth-order valence-electron chi connectivity index (χ4n) is 3.35. The van der Waals surface area contributed by atoms with Crippen molar-refractivity contribution in [3.05, 3.63) is 60.6 Å². The number of nitrogens with one attached hydrogen (secondary N) is 2. The van der Waals surface area contributed by atoms with Crippen molar-refractivity contribution in [2.45, 2.75) is 25.8 Å². The minimum Gasteiger partial charge on any atom is -0.405 e. The molecule has 1 amide bonds. The summed E-state index contributed by atoms with van der Waals surface area (Å²) in [6.45, 7) is 6.53. The molecule has 9 nitrogen and oxygen atoms in total. The number of aromatic nitrogens is 2. The van der Waals surface area contributed by atoms with Crippen molar-refractivity contribution in [2.24, 2.45) is 5.73 Å². The molecular weight excluding hydrogens is 448 g/mol. The lowest BCUT2D eigenvalue weighted by Crippen LogP contribution is -2.45. The van der Waals surface area contributed by atoms with E-state index in [4.69, 9.17) is 5.73 Å². The molecule has 0 radical (unpaired) electrons. The highest BCUT2D eigenvalue weighted by Gasteiger charge is 2.33. The minimum atomic E-state index is -3.61. The number of hydrogen-bond acceptors (Lipinski definition) is 9. The topological polar surface area (TPSA) is 130 Å². The number of pyridine rings is 1. The van der Waals surface area contributed by atoms with Crippen LogP contribution in [0.1, 0.15) is 19.8 Å². The molecule has 32 heavy (non-hydrogen) atoms. The summed E-state index contributed by atoms with van der Waals surface area (Å²) < 4.78 is 24.9. The van der Waals surface area contributed by atoms with Gasteiger partial charge in [-0.1, -0.05) is 24.0 Å². The molecule has 0 aromatic carbocycles. The highest BCUT2D eigenvalue weighted by atomic mass is 32.2. The predicted octanol–water partition coefficient (Wildman–Crippen LogP) is 2.59. The molecule has 4 N–H and O–H groups in total. The van der Waals surface area contributed by atoms with Crippen LogP contribution in [0.25, 0.3) is 10.6 Å². The van der Waals surface area contributed by atoms with E-state index in [2.05, 4.69) is 26.6 Å². The van der Waals surface area contributed by atoms with Crippen LogP contribution in [-0.4, -0.2) is 43.1 Å². The summed E-state index contributed by atoms with van der Waals surface area (Å²) in [5, 5.41) is 3.81. The number of thiazole rings is 1. The van der Waals surface area contributed by atoms with Crippen LogP contribution in [0.4, 0.5) is 10.9 Å². The fourth-order valence-corrected chi connectivity index (χ4v) is 4.81. The summed E-state index contributed by atoms with van der Waals surface area (Å²) in [6.07, 6.45) is 9.13. The minimum absolute atomic E-state index is 0.530. The Hall–Kier alpha value is -3.18. The maximum absolute atomic E-state index is 12.4. The molecule has 1 aliphatic rings. The van der Waals surface area contributed by atoms with Crippen LogP contribution in [0.3, 0.4) is 0 Å². The largest absolute Gasteiger partial charge is 0.405 e. The van der Waals surface area contributed by atoms with E-state index in [1.54, 1.807) is 12.3 Å². The van der Waals surface area contributed by atoms with Gasteiger partial charge in [0, 0.05) is 18.4 Å². The van der Waals surface area contributed by atoms with Gasteiger partial charge in [0.1, 0.15) is 11.9 Å². The van der Waals surface area contributed by atoms with E-state index in [9.17, 15) is 13.2 Å². The van der Waals surface area contributed by atoms with Crippen LogP contribution in [-0.2, 0) is 14.8 Å². The van der Waals surface area contributed by atoms with Gasteiger partial charge in [-0.2, -0.15) is 0 Å². The third-order valence-corrected chi connectivity index (χ3v) is 6.26. The first-order chi connectivity index (χ1) is 15.2. The van der Waals surface area contributed by atoms with Crippen LogP contribution in [0.5, 0.6) is 0 Å². The molecule has 1 aliphatic heterocycles. The third-order valence-electron chi connectivity index (χ3n) is 4.63. The average Bonchev–Trinajstić information content (AvgIpc) is 3.36. The number of allylic oxidation sites excluding steroid dienone is 3. The lowest BCUT2D eigenvalue weighted by atomic mass is 10.2. The molecule has 2 aromatic heterocycles. The Labute approximate surface area is 191 Å². The number of nitrogens with two attached hydrogens (primary N) is 1. The molecule has 1 atom stereocenters. The van der Waals surface area contributed by atoms with E-state index < -0.39 is 22.0 Å². The molecular formula is C21H26N6O3S2. The second-order valence-electron chi connectivity index (χ2n) is 7.40. The molecule has 11 heteroatoms. The van der Waals surface area contributed by atoms with E-state index >= 15 is 0 Å². The summed E-state index contributed by atoms with van der Waals surface area (Å²) in [5.41, 5.74) is 7.75. The van der Waals surface area contributed by atoms with Gasteiger partial charge >= 0.3 is 0 Å². The zero-order valence-electron chi connectivity index (χ0n) is 17.9. The molecule has 0 saturated carbocycles. The Kier molecular flexibility index (Phi) is 7.31. The van der Waals surface area contributed by atoms with Crippen molar-refractivity contribution in [1.82, 2.24) is 14.7 Å². The van der Waals surface area contributed by atoms with E-state index in [-0.39, 0.29) is 0 Å². The zero-order valence-corrected chi connectivity index (χ0v) is 19.5. The average molecular weight is 475 g/mol. The Morgan fingerprint density at radius 2 is 2.19 bits per heavy atom. The lowest BCUT2D eigenvalue weighted by Gasteiger charge is -2.22. The van der Waals surface area contributed by atoms with Crippen molar-refractivity contribution in [1.29, 1.82) is 0 Å². The molecule has 0 bridgehead atoms. The first-order valence-corrected chi connectivity index (χ1v) is 12.6. The fraction of sp³-hybridized carbons (Fsp3) is 0.286. The van der Waals surface area contributed by atoms with Crippen LogP contribution in [0.2, 0.25) is 0 Å². The monoisotopic (exact) mass is 474 g/mol. The van der Waals surface area contributed by atoms with Crippen molar-refractivity contribution >= 4 is 38.2 Å². The molecule has 1 saturated heterocycles. The van der Waals surface area contributed by atoms with Gasteiger partial charge in [-0.3, -0.25) is 9.52 Å². The molecule has 0 unspecified atom stereocenters. The third kappa shape index (κ3) is 6.17. The second-order valence-corrected chi connectivity index (χ2v) is 10.2. The Morgan fingerprint density at radius 1 is 1.41 bits per heavy atom. The van der Waals surface area contributed by atoms with Crippen LogP contribution < -0.4 is 20.7 Å². The van der Waals surface area contributed by atoms with Crippen molar-refractivity contribution in [2.75, 3.05) is 23.0 Å². The first kappa shape index (κ1) is 23.5. The number of nitrogens with zero attached hydrogens (tertiary/aromatic N) is 3. The van der Waals surface area contributed by atoms with Crippen LogP contribution in [0.15, 0.2) is 60.6 Å². The molecule has 2 aromatic rings. The number of carbonyl (C=O) groups is 1. The summed E-state index contributed by atoms with van der Waals surface area (Å²) in [7, 11) is -3.61. The van der Waals surface area contributed by atoms with Gasteiger partial charge < -0.3 is 16.0 Å². The maximum atomic E-state index is 12.4. The van der Waals surface area contributed by atoms with Crippen LogP contribution in [0, 0.1) is 0 Å². The van der Waals surface area contributed by atoms with Gasteiger partial charge in [0.05, 0.1) is 16.8 Å². The smallest absolute Gasteiger partial charge is 0.256 e. The summed E-state index contributed by atoms with van der Waals surface area (Å²) in [6, 6.07) is 5.03. The number of sulfonamides is 1. The molecule has 3 heterocycles. The van der Waals surface area contributed by atoms with Crippen molar-refractivity contribution in [3.63, 3.8) is 0 Å². The highest BCUT2D eigenvalue weighted by Crippen LogP contribution is 2.34. The predicted molar refractivity (Wildman–Crippen MR) is 129 cm³/mol. The lowest BCUT2D eigenvalue weighted by molar-refractivity contribution is -0.120. The molecule has 3 rings (SSSR count). The number of rotatable bonds is 8. The van der Waals surface area contributed by atoms with Crippen molar-refractivity contribution in [3.8, 4) is 10.6 Å². The standard InChI is InChI=1S/C21H26N6O3S2/c1-14(9-10-22)12-15(2)24-19-8-4-6-16(25-19)18-13-23-21(31-18)27-11-5-7-17(27)20(28)26-32(3,29)30/h4,6,8-10,12-13,17H,2,5,7,11,22H2,1,3H3,(H,24,25)(H,26,28)/b10-9-,14-12-/t17-/m0/s1. The second kappa shape index (κ2) is 9.96. The van der Waals surface area contributed by atoms with E-state index in [1.807, 2.05) is 36.1 Å². The SMILES string of the molecule is C=C(/C=C(C)\C=C/N)Nc1cccc(-c2cnc(N3CCC[C@H]3C(=O)NS(C)(=O)=O)s2)n1. The van der Waals surface area contributed by atoms with E-state index in [1.165, 1.54) is 17.5 Å². The van der Waals surface area contributed by atoms with E-state index in [0.717, 1.165) is 28.8 Å². The van der Waals surface area contributed by atoms with Gasteiger partial charge in [-0.25, -0.2) is 18.4 Å². The Bertz CT molecular complexity index is 1170. The normalized spacial score (nSPS) is 17.0. The van der Waals surface area contributed by atoms with E-state index in [0.29, 0.717) is 29.6 Å². The zero-order chi connectivity index (χ0) is 23.3. The van der Waals surface area contributed by atoms with Gasteiger partial charge in [-0.05, 0) is 55.8 Å². The molecule has 0 aliphatic carbocycles. The van der Waals surface area contributed by atoms with Gasteiger partial charge in [0.15, 0.2) is 5.13 Å². The quantitative estimate of drug-likeness (QED) is 0.498. The summed E-state index contributed by atoms with van der Waals surface area (Å²) in [4.78, 5) is 24.2. The molecule has 0 spiro atoms. The maximum Gasteiger partial charge on any atom is 0.256 e. The number of hydrogen-bond donors (Lipinski definition) is 3.